The number of hydrogen-bond donors (Lipinski definition) is 2. The van der Waals surface area contributed by atoms with Crippen molar-refractivity contribution in [2.24, 2.45) is 5.92 Å². The number of aliphatic hydroxyl groups is 1. The standard InChI is InChI=1S/C13H22N4O4/c1-17-5-3-10(18)9(8-17)13(19)14-7-11-15-12(21-16-11)4-6-20-2/h9-10,18H,3-8H2,1-2H3,(H,14,19)/t9-,10-/m1/s1. The SMILES string of the molecule is COCCc1nc(CNC(=O)[C@@H]2CN(C)CC[C@H]2O)no1. The molecule has 1 aliphatic heterocycles. The summed E-state index contributed by atoms with van der Waals surface area (Å²) in [6, 6.07) is 0. The van der Waals surface area contributed by atoms with Gasteiger partial charge in [0.1, 0.15) is 0 Å². The molecule has 0 radical (unpaired) electrons. The number of piperidine rings is 1. The van der Waals surface area contributed by atoms with Crippen molar-refractivity contribution in [2.45, 2.75) is 25.5 Å². The zero-order valence-corrected chi connectivity index (χ0v) is 12.4. The van der Waals surface area contributed by atoms with Crippen molar-refractivity contribution < 1.29 is 19.2 Å². The summed E-state index contributed by atoms with van der Waals surface area (Å²) in [5, 5.41) is 16.4. The van der Waals surface area contributed by atoms with E-state index < -0.39 is 12.0 Å². The maximum absolute atomic E-state index is 12.1. The van der Waals surface area contributed by atoms with E-state index in [1.165, 1.54) is 0 Å². The molecule has 0 aromatic carbocycles. The van der Waals surface area contributed by atoms with Gasteiger partial charge in [0.05, 0.1) is 31.6 Å². The second kappa shape index (κ2) is 7.48. The molecule has 0 aliphatic carbocycles. The van der Waals surface area contributed by atoms with E-state index in [2.05, 4.69) is 15.5 Å². The van der Waals surface area contributed by atoms with Crippen molar-refractivity contribution in [2.75, 3.05) is 33.9 Å². The molecule has 0 bridgehead atoms. The number of hydrogen-bond acceptors (Lipinski definition) is 7. The first-order chi connectivity index (χ1) is 10.1. The third-order valence-electron chi connectivity index (χ3n) is 3.57. The largest absolute Gasteiger partial charge is 0.392 e. The second-order valence-corrected chi connectivity index (χ2v) is 5.29. The number of nitrogens with zero attached hydrogens (tertiary/aromatic N) is 3. The summed E-state index contributed by atoms with van der Waals surface area (Å²) in [6.45, 7) is 2.06. The maximum Gasteiger partial charge on any atom is 0.229 e. The lowest BCUT2D eigenvalue weighted by Gasteiger charge is -2.32. The quantitative estimate of drug-likeness (QED) is 0.708. The van der Waals surface area contributed by atoms with E-state index in [0.29, 0.717) is 37.7 Å². The van der Waals surface area contributed by atoms with Crippen LogP contribution in [0.5, 0.6) is 0 Å². The molecule has 0 spiro atoms. The first-order valence-electron chi connectivity index (χ1n) is 7.05. The Morgan fingerprint density at radius 3 is 3.19 bits per heavy atom. The predicted molar refractivity (Wildman–Crippen MR) is 73.3 cm³/mol. The number of methoxy groups -OCH3 is 1. The first-order valence-corrected chi connectivity index (χ1v) is 7.05. The van der Waals surface area contributed by atoms with Gasteiger partial charge in [0.15, 0.2) is 5.82 Å². The lowest BCUT2D eigenvalue weighted by atomic mass is 9.94. The molecule has 2 rings (SSSR count). The van der Waals surface area contributed by atoms with Crippen LogP contribution in [0.15, 0.2) is 4.52 Å². The molecule has 1 aliphatic rings. The molecule has 2 heterocycles. The third-order valence-corrected chi connectivity index (χ3v) is 3.57. The number of carbonyl (C=O) groups is 1. The van der Waals surface area contributed by atoms with Gasteiger partial charge in [-0.15, -0.1) is 0 Å². The minimum atomic E-state index is -0.594. The Morgan fingerprint density at radius 1 is 1.62 bits per heavy atom. The van der Waals surface area contributed by atoms with E-state index in [4.69, 9.17) is 9.26 Å². The fourth-order valence-corrected chi connectivity index (χ4v) is 2.31. The molecule has 1 saturated heterocycles. The molecule has 1 aromatic heterocycles. The molecule has 21 heavy (non-hydrogen) atoms. The third kappa shape index (κ3) is 4.48. The van der Waals surface area contributed by atoms with Crippen LogP contribution in [0.25, 0.3) is 0 Å². The minimum absolute atomic E-state index is 0.183. The monoisotopic (exact) mass is 298 g/mol. The average molecular weight is 298 g/mol. The molecule has 2 atom stereocenters. The maximum atomic E-state index is 12.1. The Morgan fingerprint density at radius 2 is 2.43 bits per heavy atom. The van der Waals surface area contributed by atoms with Gasteiger partial charge in [0, 0.05) is 20.2 Å². The Hall–Kier alpha value is -1.51. The Bertz CT molecular complexity index is 465. The molecular weight excluding hydrogens is 276 g/mol. The van der Waals surface area contributed by atoms with Crippen LogP contribution < -0.4 is 5.32 Å². The van der Waals surface area contributed by atoms with Crippen LogP contribution in [0.1, 0.15) is 18.1 Å². The summed E-state index contributed by atoms with van der Waals surface area (Å²) in [4.78, 5) is 18.3. The average Bonchev–Trinajstić information content (AvgIpc) is 2.93. The van der Waals surface area contributed by atoms with Crippen LogP contribution in [0.4, 0.5) is 0 Å². The summed E-state index contributed by atoms with van der Waals surface area (Å²) >= 11 is 0. The van der Waals surface area contributed by atoms with Crippen molar-refractivity contribution in [3.8, 4) is 0 Å². The molecule has 1 amide bonds. The van der Waals surface area contributed by atoms with E-state index in [1.807, 2.05) is 11.9 Å². The van der Waals surface area contributed by atoms with Crippen LogP contribution in [-0.2, 0) is 22.5 Å². The molecule has 1 fully saturated rings. The van der Waals surface area contributed by atoms with Gasteiger partial charge < -0.3 is 24.6 Å². The van der Waals surface area contributed by atoms with Gasteiger partial charge in [-0.3, -0.25) is 4.79 Å². The molecule has 0 unspecified atom stereocenters. The van der Waals surface area contributed by atoms with Crippen molar-refractivity contribution in [1.82, 2.24) is 20.4 Å². The van der Waals surface area contributed by atoms with E-state index in [1.54, 1.807) is 7.11 Å². The predicted octanol–water partition coefficient (Wildman–Crippen LogP) is -0.813. The molecular formula is C13H22N4O4. The highest BCUT2D eigenvalue weighted by atomic mass is 16.5. The zero-order chi connectivity index (χ0) is 15.2. The number of aliphatic hydroxyl groups excluding tert-OH is 1. The van der Waals surface area contributed by atoms with Crippen LogP contribution >= 0.6 is 0 Å². The number of aromatic nitrogens is 2. The van der Waals surface area contributed by atoms with E-state index in [9.17, 15) is 9.90 Å². The van der Waals surface area contributed by atoms with E-state index in [0.717, 1.165) is 6.54 Å². The number of likely N-dealkylation sites (tertiary alicyclic amines) is 1. The van der Waals surface area contributed by atoms with Crippen molar-refractivity contribution >= 4 is 5.91 Å². The smallest absolute Gasteiger partial charge is 0.229 e. The Labute approximate surface area is 123 Å². The van der Waals surface area contributed by atoms with Gasteiger partial charge in [-0.05, 0) is 13.5 Å². The van der Waals surface area contributed by atoms with Crippen molar-refractivity contribution in [1.29, 1.82) is 0 Å². The van der Waals surface area contributed by atoms with Gasteiger partial charge in [-0.25, -0.2) is 0 Å². The van der Waals surface area contributed by atoms with Crippen molar-refractivity contribution in [3.63, 3.8) is 0 Å². The molecule has 0 saturated carbocycles. The Kier molecular flexibility index (Phi) is 5.66. The highest BCUT2D eigenvalue weighted by Gasteiger charge is 2.31. The lowest BCUT2D eigenvalue weighted by molar-refractivity contribution is -0.131. The number of ether oxygens (including phenoxy) is 1. The second-order valence-electron chi connectivity index (χ2n) is 5.29. The summed E-state index contributed by atoms with van der Waals surface area (Å²) in [5.74, 6) is 0.313. The number of rotatable bonds is 6. The molecule has 1 aromatic rings. The number of amides is 1. The summed E-state index contributed by atoms with van der Waals surface area (Å²) in [6.07, 6.45) is 0.561. The van der Waals surface area contributed by atoms with Crippen LogP contribution in [-0.4, -0.2) is 66.0 Å². The van der Waals surface area contributed by atoms with E-state index in [-0.39, 0.29) is 12.5 Å². The summed E-state index contributed by atoms with van der Waals surface area (Å²) in [5.41, 5.74) is 0. The lowest BCUT2D eigenvalue weighted by Crippen LogP contribution is -2.48. The first kappa shape index (κ1) is 15.9. The highest BCUT2D eigenvalue weighted by Crippen LogP contribution is 2.16. The molecule has 8 heteroatoms. The molecule has 118 valence electrons. The Balaban J connectivity index is 1.81. The van der Waals surface area contributed by atoms with Crippen LogP contribution in [0.3, 0.4) is 0 Å². The minimum Gasteiger partial charge on any atom is -0.392 e. The van der Waals surface area contributed by atoms with Gasteiger partial charge in [0.25, 0.3) is 0 Å². The van der Waals surface area contributed by atoms with Gasteiger partial charge in [-0.2, -0.15) is 4.98 Å². The number of carbonyl (C=O) groups excluding carboxylic acids is 1. The van der Waals surface area contributed by atoms with Crippen molar-refractivity contribution in [3.05, 3.63) is 11.7 Å². The molecule has 8 nitrogen and oxygen atoms in total. The van der Waals surface area contributed by atoms with Crippen LogP contribution in [0, 0.1) is 5.92 Å². The fourth-order valence-electron chi connectivity index (χ4n) is 2.31. The fraction of sp³-hybridized carbons (Fsp3) is 0.769. The van der Waals surface area contributed by atoms with E-state index >= 15 is 0 Å². The number of nitrogens with one attached hydrogen (secondary N) is 1. The normalized spacial score (nSPS) is 23.2. The zero-order valence-electron chi connectivity index (χ0n) is 12.4. The van der Waals surface area contributed by atoms with Gasteiger partial charge >= 0.3 is 0 Å². The topological polar surface area (TPSA) is 101 Å². The van der Waals surface area contributed by atoms with Gasteiger partial charge in [0.2, 0.25) is 11.8 Å². The van der Waals surface area contributed by atoms with Gasteiger partial charge in [-0.1, -0.05) is 5.16 Å². The van der Waals surface area contributed by atoms with Crippen LogP contribution in [0.2, 0.25) is 0 Å². The molecule has 2 N–H and O–H groups in total. The summed E-state index contributed by atoms with van der Waals surface area (Å²) in [7, 11) is 3.54. The summed E-state index contributed by atoms with van der Waals surface area (Å²) < 4.78 is 9.96. The highest BCUT2D eigenvalue weighted by molar-refractivity contribution is 5.79.